The quantitative estimate of drug-likeness (QED) is 0.141. The van der Waals surface area contributed by atoms with Gasteiger partial charge < -0.3 is 4.90 Å². The lowest BCUT2D eigenvalue weighted by atomic mass is 9.90. The van der Waals surface area contributed by atoms with E-state index >= 15 is 0 Å². The monoisotopic (exact) mass is 801 g/mol. The lowest BCUT2D eigenvalue weighted by Crippen LogP contribution is -2.09. The Bertz CT molecular complexity index is 3320. The molecule has 0 aromatic heterocycles. The highest BCUT2D eigenvalue weighted by atomic mass is 15.1. The fraction of sp³-hybridized carbons (Fsp3) is 0. The third-order valence-electron chi connectivity index (χ3n) is 12.3. The van der Waals surface area contributed by atoms with Crippen LogP contribution in [0.4, 0.5) is 17.1 Å². The van der Waals surface area contributed by atoms with Gasteiger partial charge in [0.15, 0.2) is 0 Å². The van der Waals surface area contributed by atoms with Crippen LogP contribution in [0, 0.1) is 0 Å². The molecule has 0 saturated carbocycles. The predicted octanol–water partition coefficient (Wildman–Crippen LogP) is 17.5. The molecule has 296 valence electrons. The fourth-order valence-electron chi connectivity index (χ4n) is 8.98. The standard InChI is InChI=1S/C62H43N/c1-3-11-44(12-4-1)46-19-21-47(22-20-46)49-29-36-57(37-30-49)63(58-38-31-50(32-39-58)48-23-25-51(26-24-48)56-28-27-45-13-7-8-17-55(45)43-56)59-40-33-53(34-41-59)61-42-35-52-14-9-10-18-60(52)62(61)54-15-5-2-6-16-54/h1-43H. The molecule has 0 unspecified atom stereocenters. The van der Waals surface area contributed by atoms with Crippen molar-refractivity contribution in [2.75, 3.05) is 4.90 Å². The van der Waals surface area contributed by atoms with E-state index in [2.05, 4.69) is 266 Å². The Morgan fingerprint density at radius 1 is 0.206 bits per heavy atom. The first-order valence-electron chi connectivity index (χ1n) is 21.7. The minimum Gasteiger partial charge on any atom is -0.311 e. The molecule has 0 aliphatic heterocycles. The second kappa shape index (κ2) is 16.7. The van der Waals surface area contributed by atoms with Gasteiger partial charge >= 0.3 is 0 Å². The van der Waals surface area contributed by atoms with Crippen molar-refractivity contribution in [1.82, 2.24) is 0 Å². The van der Waals surface area contributed by atoms with Gasteiger partial charge in [-0.25, -0.2) is 0 Å². The summed E-state index contributed by atoms with van der Waals surface area (Å²) in [6.07, 6.45) is 0. The zero-order chi connectivity index (χ0) is 42.0. The number of fused-ring (bicyclic) bond motifs is 2. The van der Waals surface area contributed by atoms with E-state index in [1.165, 1.54) is 88.3 Å². The van der Waals surface area contributed by atoms with E-state index in [1.54, 1.807) is 0 Å². The molecule has 0 amide bonds. The first kappa shape index (κ1) is 37.7. The Hall–Kier alpha value is -8.26. The van der Waals surface area contributed by atoms with Crippen molar-refractivity contribution in [3.63, 3.8) is 0 Å². The number of nitrogens with zero attached hydrogens (tertiary/aromatic N) is 1. The fourth-order valence-corrected chi connectivity index (χ4v) is 8.98. The molecule has 1 nitrogen and oxygen atoms in total. The molecule has 0 aliphatic rings. The van der Waals surface area contributed by atoms with Gasteiger partial charge in [-0.2, -0.15) is 0 Å². The van der Waals surface area contributed by atoms with Gasteiger partial charge in [0, 0.05) is 17.1 Å². The van der Waals surface area contributed by atoms with E-state index in [-0.39, 0.29) is 0 Å². The molecule has 0 saturated heterocycles. The summed E-state index contributed by atoms with van der Waals surface area (Å²) in [4.78, 5) is 2.36. The highest BCUT2D eigenvalue weighted by molar-refractivity contribution is 6.04. The van der Waals surface area contributed by atoms with Crippen LogP contribution in [0.2, 0.25) is 0 Å². The summed E-state index contributed by atoms with van der Waals surface area (Å²) in [5, 5.41) is 5.01. The number of hydrogen-bond donors (Lipinski definition) is 0. The van der Waals surface area contributed by atoms with E-state index in [1.807, 2.05) is 0 Å². The molecule has 11 aromatic carbocycles. The SMILES string of the molecule is c1ccc(-c2ccc(-c3ccc(N(c4ccc(-c5ccc(-c6ccc7ccccc7c6)cc5)cc4)c4ccc(-c5ccc6ccccc6c5-c5ccccc5)cc4)cc3)cc2)cc1. The Balaban J connectivity index is 0.936. The molecule has 0 radical (unpaired) electrons. The maximum atomic E-state index is 2.36. The van der Waals surface area contributed by atoms with Gasteiger partial charge in [0.2, 0.25) is 0 Å². The summed E-state index contributed by atoms with van der Waals surface area (Å²) >= 11 is 0. The van der Waals surface area contributed by atoms with Crippen molar-refractivity contribution in [3.8, 4) is 66.8 Å². The molecule has 0 fully saturated rings. The third-order valence-corrected chi connectivity index (χ3v) is 12.3. The smallest absolute Gasteiger partial charge is 0.0462 e. The van der Waals surface area contributed by atoms with E-state index in [9.17, 15) is 0 Å². The summed E-state index contributed by atoms with van der Waals surface area (Å²) in [5.41, 5.74) is 17.8. The lowest BCUT2D eigenvalue weighted by Gasteiger charge is -2.26. The number of anilines is 3. The van der Waals surface area contributed by atoms with Crippen molar-refractivity contribution in [2.45, 2.75) is 0 Å². The van der Waals surface area contributed by atoms with Gasteiger partial charge in [0.1, 0.15) is 0 Å². The topological polar surface area (TPSA) is 3.24 Å². The van der Waals surface area contributed by atoms with Crippen LogP contribution in [0.25, 0.3) is 88.3 Å². The van der Waals surface area contributed by atoms with Crippen LogP contribution in [0.1, 0.15) is 0 Å². The van der Waals surface area contributed by atoms with Gasteiger partial charge in [-0.05, 0) is 131 Å². The zero-order valence-corrected chi connectivity index (χ0v) is 34.8. The Morgan fingerprint density at radius 2 is 0.556 bits per heavy atom. The second-order valence-corrected chi connectivity index (χ2v) is 16.1. The number of hydrogen-bond acceptors (Lipinski definition) is 1. The van der Waals surface area contributed by atoms with Crippen molar-refractivity contribution >= 4 is 38.6 Å². The van der Waals surface area contributed by atoms with Crippen LogP contribution < -0.4 is 4.90 Å². The first-order chi connectivity index (χ1) is 31.2. The molecular formula is C62H43N. The Morgan fingerprint density at radius 3 is 1.08 bits per heavy atom. The van der Waals surface area contributed by atoms with Crippen LogP contribution >= 0.6 is 0 Å². The number of benzene rings is 11. The Kier molecular flexibility index (Phi) is 9.97. The Labute approximate surface area is 369 Å². The molecule has 1 heteroatoms. The van der Waals surface area contributed by atoms with Crippen LogP contribution in [-0.2, 0) is 0 Å². The van der Waals surface area contributed by atoms with E-state index in [0.717, 1.165) is 17.1 Å². The van der Waals surface area contributed by atoms with E-state index in [4.69, 9.17) is 0 Å². The molecule has 0 N–H and O–H groups in total. The first-order valence-corrected chi connectivity index (χ1v) is 21.7. The van der Waals surface area contributed by atoms with Crippen LogP contribution in [0.15, 0.2) is 261 Å². The molecular weight excluding hydrogens is 759 g/mol. The average molecular weight is 802 g/mol. The summed E-state index contributed by atoms with van der Waals surface area (Å²) in [6, 6.07) is 94.5. The van der Waals surface area contributed by atoms with E-state index in [0.29, 0.717) is 0 Å². The van der Waals surface area contributed by atoms with Gasteiger partial charge in [-0.15, -0.1) is 0 Å². The predicted molar refractivity (Wildman–Crippen MR) is 269 cm³/mol. The minimum atomic E-state index is 1.09. The molecule has 0 bridgehead atoms. The summed E-state index contributed by atoms with van der Waals surface area (Å²) < 4.78 is 0. The van der Waals surface area contributed by atoms with Crippen molar-refractivity contribution in [3.05, 3.63) is 261 Å². The van der Waals surface area contributed by atoms with Crippen molar-refractivity contribution in [2.24, 2.45) is 0 Å². The van der Waals surface area contributed by atoms with Crippen LogP contribution in [-0.4, -0.2) is 0 Å². The van der Waals surface area contributed by atoms with Gasteiger partial charge in [-0.3, -0.25) is 0 Å². The third kappa shape index (κ3) is 7.58. The van der Waals surface area contributed by atoms with Crippen LogP contribution in [0.5, 0.6) is 0 Å². The second-order valence-electron chi connectivity index (χ2n) is 16.1. The highest BCUT2D eigenvalue weighted by Gasteiger charge is 2.16. The summed E-state index contributed by atoms with van der Waals surface area (Å²) in [7, 11) is 0. The largest absolute Gasteiger partial charge is 0.311 e. The van der Waals surface area contributed by atoms with Gasteiger partial charge in [0.05, 0.1) is 0 Å². The highest BCUT2D eigenvalue weighted by Crippen LogP contribution is 2.41. The molecule has 0 spiro atoms. The molecule has 0 aliphatic carbocycles. The minimum absolute atomic E-state index is 1.09. The molecule has 11 rings (SSSR count). The average Bonchev–Trinajstić information content (AvgIpc) is 3.37. The molecule has 0 atom stereocenters. The van der Waals surface area contributed by atoms with Gasteiger partial charge in [-0.1, -0.05) is 218 Å². The normalized spacial score (nSPS) is 11.2. The lowest BCUT2D eigenvalue weighted by molar-refractivity contribution is 1.28. The molecule has 0 heterocycles. The molecule has 11 aromatic rings. The zero-order valence-electron chi connectivity index (χ0n) is 34.8. The van der Waals surface area contributed by atoms with Crippen molar-refractivity contribution in [1.29, 1.82) is 0 Å². The van der Waals surface area contributed by atoms with Gasteiger partial charge in [0.25, 0.3) is 0 Å². The number of rotatable bonds is 9. The summed E-state index contributed by atoms with van der Waals surface area (Å²) in [5.74, 6) is 0. The molecule has 63 heavy (non-hydrogen) atoms. The van der Waals surface area contributed by atoms with Crippen LogP contribution in [0.3, 0.4) is 0 Å². The summed E-state index contributed by atoms with van der Waals surface area (Å²) in [6.45, 7) is 0. The maximum Gasteiger partial charge on any atom is 0.0462 e. The van der Waals surface area contributed by atoms with Crippen molar-refractivity contribution < 1.29 is 0 Å². The maximum absolute atomic E-state index is 2.36. The van der Waals surface area contributed by atoms with E-state index < -0.39 is 0 Å².